The van der Waals surface area contributed by atoms with Gasteiger partial charge in [-0.2, -0.15) is 0 Å². The van der Waals surface area contributed by atoms with E-state index in [0.29, 0.717) is 11.5 Å². The van der Waals surface area contributed by atoms with E-state index >= 15 is 0 Å². The minimum absolute atomic E-state index is 0.0306. The van der Waals surface area contributed by atoms with Crippen molar-refractivity contribution in [2.24, 2.45) is 11.7 Å². The Morgan fingerprint density at radius 3 is 2.82 bits per heavy atom. The van der Waals surface area contributed by atoms with Gasteiger partial charge in [0.05, 0.1) is 15.8 Å². The molecule has 17 heavy (non-hydrogen) atoms. The van der Waals surface area contributed by atoms with E-state index in [2.05, 4.69) is 0 Å². The summed E-state index contributed by atoms with van der Waals surface area (Å²) in [6.07, 6.45) is 2.34. The average molecular weight is 294 g/mol. The minimum atomic E-state index is -2.78. The Bertz CT molecular complexity index is 483. The Hall–Kier alpha value is -0.100. The van der Waals surface area contributed by atoms with Gasteiger partial charge in [-0.15, -0.1) is 11.3 Å². The number of sulfone groups is 1. The molecule has 0 aliphatic carbocycles. The van der Waals surface area contributed by atoms with Crippen LogP contribution in [-0.4, -0.2) is 26.0 Å². The molecule has 1 aliphatic rings. The number of rotatable bonds is 4. The fourth-order valence-corrected chi connectivity index (χ4v) is 5.35. The topological polar surface area (TPSA) is 60.2 Å². The van der Waals surface area contributed by atoms with Gasteiger partial charge >= 0.3 is 0 Å². The predicted octanol–water partition coefficient (Wildman–Crippen LogP) is 2.10. The van der Waals surface area contributed by atoms with Crippen molar-refractivity contribution in [1.82, 2.24) is 0 Å². The summed E-state index contributed by atoms with van der Waals surface area (Å²) in [6.45, 7) is 0. The molecule has 1 aromatic heterocycles. The highest BCUT2D eigenvalue weighted by Gasteiger charge is 2.28. The molecule has 1 aromatic rings. The zero-order valence-corrected chi connectivity index (χ0v) is 11.8. The lowest BCUT2D eigenvalue weighted by Crippen LogP contribution is -2.26. The summed E-state index contributed by atoms with van der Waals surface area (Å²) in [4.78, 5) is 1.17. The molecular formula is C11H16ClNO2S2. The van der Waals surface area contributed by atoms with Crippen LogP contribution >= 0.6 is 22.9 Å². The van der Waals surface area contributed by atoms with Crippen LogP contribution in [0.15, 0.2) is 12.1 Å². The van der Waals surface area contributed by atoms with E-state index in [4.69, 9.17) is 17.3 Å². The zero-order valence-electron chi connectivity index (χ0n) is 9.43. The molecule has 2 N–H and O–H groups in total. The van der Waals surface area contributed by atoms with Crippen LogP contribution in [0.5, 0.6) is 0 Å². The van der Waals surface area contributed by atoms with Crippen molar-refractivity contribution in [1.29, 1.82) is 0 Å². The van der Waals surface area contributed by atoms with Crippen molar-refractivity contribution in [3.63, 3.8) is 0 Å². The van der Waals surface area contributed by atoms with Gasteiger partial charge in [-0.05, 0) is 37.3 Å². The van der Waals surface area contributed by atoms with Crippen molar-refractivity contribution in [2.45, 2.75) is 25.3 Å². The largest absolute Gasteiger partial charge is 0.327 e. The van der Waals surface area contributed by atoms with Crippen molar-refractivity contribution >= 4 is 32.8 Å². The van der Waals surface area contributed by atoms with Crippen LogP contribution in [0.2, 0.25) is 4.34 Å². The van der Waals surface area contributed by atoms with Gasteiger partial charge in [0.15, 0.2) is 9.84 Å². The lowest BCUT2D eigenvalue weighted by atomic mass is 9.97. The molecule has 0 radical (unpaired) electrons. The van der Waals surface area contributed by atoms with E-state index in [1.807, 2.05) is 12.1 Å². The van der Waals surface area contributed by atoms with E-state index < -0.39 is 9.84 Å². The zero-order chi connectivity index (χ0) is 12.5. The Labute approximate surface area is 111 Å². The summed E-state index contributed by atoms with van der Waals surface area (Å²) >= 11 is 7.39. The monoisotopic (exact) mass is 293 g/mol. The quantitative estimate of drug-likeness (QED) is 0.925. The molecule has 3 nitrogen and oxygen atoms in total. The predicted molar refractivity (Wildman–Crippen MR) is 72.4 cm³/mol. The number of thiophene rings is 1. The standard InChI is InChI=1S/C11H16ClNO2S2/c12-11-2-1-10(16-11)6-9(13)5-8-3-4-17(14,15)7-8/h1-2,8-9H,3-7,13H2. The molecule has 0 amide bonds. The number of nitrogens with two attached hydrogens (primary N) is 1. The van der Waals surface area contributed by atoms with Gasteiger partial charge in [0.25, 0.3) is 0 Å². The minimum Gasteiger partial charge on any atom is -0.327 e. The summed E-state index contributed by atoms with van der Waals surface area (Å²) in [5.41, 5.74) is 6.05. The molecule has 2 unspecified atom stereocenters. The van der Waals surface area contributed by atoms with Crippen LogP contribution in [0.25, 0.3) is 0 Å². The first-order chi connectivity index (χ1) is 7.94. The first-order valence-corrected chi connectivity index (χ1v) is 8.66. The van der Waals surface area contributed by atoms with Gasteiger partial charge in [0.2, 0.25) is 0 Å². The first kappa shape index (κ1) is 13.3. The second-order valence-electron chi connectivity index (χ2n) is 4.67. The van der Waals surface area contributed by atoms with Crippen LogP contribution in [0.3, 0.4) is 0 Å². The van der Waals surface area contributed by atoms with E-state index in [9.17, 15) is 8.42 Å². The van der Waals surface area contributed by atoms with E-state index in [-0.39, 0.29) is 12.0 Å². The van der Waals surface area contributed by atoms with Crippen LogP contribution in [-0.2, 0) is 16.3 Å². The molecule has 0 spiro atoms. The fourth-order valence-electron chi connectivity index (χ4n) is 2.29. The van der Waals surface area contributed by atoms with Crippen molar-refractivity contribution in [2.75, 3.05) is 11.5 Å². The summed E-state index contributed by atoms with van der Waals surface area (Å²) in [6, 6.07) is 3.88. The molecule has 1 saturated heterocycles. The molecule has 96 valence electrons. The molecule has 1 aliphatic heterocycles. The third-order valence-electron chi connectivity index (χ3n) is 3.06. The molecule has 2 atom stereocenters. The van der Waals surface area contributed by atoms with Gasteiger partial charge in [0, 0.05) is 10.9 Å². The summed E-state index contributed by atoms with van der Waals surface area (Å²) < 4.78 is 23.4. The van der Waals surface area contributed by atoms with Crippen LogP contribution in [0.4, 0.5) is 0 Å². The number of hydrogen-bond donors (Lipinski definition) is 1. The smallest absolute Gasteiger partial charge is 0.150 e. The molecule has 1 fully saturated rings. The van der Waals surface area contributed by atoms with Crippen LogP contribution < -0.4 is 5.73 Å². The molecule has 6 heteroatoms. The number of halogens is 1. The van der Waals surface area contributed by atoms with Gasteiger partial charge in [-0.1, -0.05) is 11.6 Å². The van der Waals surface area contributed by atoms with E-state index in [1.54, 1.807) is 11.3 Å². The second-order valence-corrected chi connectivity index (χ2v) is 8.70. The Balaban J connectivity index is 1.84. The SMILES string of the molecule is NC(Cc1ccc(Cl)s1)CC1CCS(=O)(=O)C1. The summed E-state index contributed by atoms with van der Waals surface area (Å²) in [7, 11) is -2.78. The second kappa shape index (κ2) is 5.26. The Morgan fingerprint density at radius 1 is 1.53 bits per heavy atom. The highest BCUT2D eigenvalue weighted by molar-refractivity contribution is 7.91. The lowest BCUT2D eigenvalue weighted by Gasteiger charge is -2.14. The molecule has 0 bridgehead atoms. The Morgan fingerprint density at radius 2 is 2.29 bits per heavy atom. The van der Waals surface area contributed by atoms with Crippen molar-refractivity contribution < 1.29 is 8.42 Å². The number of hydrogen-bond acceptors (Lipinski definition) is 4. The summed E-state index contributed by atoms with van der Waals surface area (Å²) in [5, 5.41) is 0. The molecular weight excluding hydrogens is 278 g/mol. The summed E-state index contributed by atoms with van der Waals surface area (Å²) in [5.74, 6) is 0.881. The first-order valence-electron chi connectivity index (χ1n) is 5.65. The maximum atomic E-state index is 11.3. The normalized spacial score (nSPS) is 24.9. The van der Waals surface area contributed by atoms with Gasteiger partial charge in [-0.25, -0.2) is 8.42 Å². The molecule has 0 saturated carbocycles. The van der Waals surface area contributed by atoms with Crippen molar-refractivity contribution in [3.8, 4) is 0 Å². The van der Waals surface area contributed by atoms with Crippen LogP contribution in [0.1, 0.15) is 17.7 Å². The van der Waals surface area contributed by atoms with Gasteiger partial charge < -0.3 is 5.73 Å². The highest BCUT2D eigenvalue weighted by atomic mass is 35.5. The Kier molecular flexibility index (Phi) is 4.13. The highest BCUT2D eigenvalue weighted by Crippen LogP contribution is 2.26. The molecule has 0 aromatic carbocycles. The fraction of sp³-hybridized carbons (Fsp3) is 0.636. The van der Waals surface area contributed by atoms with E-state index in [1.165, 1.54) is 4.88 Å². The maximum Gasteiger partial charge on any atom is 0.150 e. The third kappa shape index (κ3) is 3.95. The lowest BCUT2D eigenvalue weighted by molar-refractivity contribution is 0.470. The molecule has 2 heterocycles. The van der Waals surface area contributed by atoms with Crippen molar-refractivity contribution in [3.05, 3.63) is 21.3 Å². The third-order valence-corrected chi connectivity index (χ3v) is 6.15. The molecule has 2 rings (SSSR count). The average Bonchev–Trinajstić information content (AvgIpc) is 2.73. The van der Waals surface area contributed by atoms with Gasteiger partial charge in [0.1, 0.15) is 0 Å². The maximum absolute atomic E-state index is 11.3. The van der Waals surface area contributed by atoms with Crippen LogP contribution in [0, 0.1) is 5.92 Å². The van der Waals surface area contributed by atoms with E-state index in [0.717, 1.165) is 23.6 Å². The van der Waals surface area contributed by atoms with Gasteiger partial charge in [-0.3, -0.25) is 0 Å².